The second kappa shape index (κ2) is 14.1. The number of hydrogen-bond acceptors (Lipinski definition) is 6. The highest BCUT2D eigenvalue weighted by molar-refractivity contribution is 5.95. The zero-order chi connectivity index (χ0) is 31.9. The molecule has 3 heterocycles. The fourth-order valence-electron chi connectivity index (χ4n) is 5.73. The molecule has 0 radical (unpaired) electrons. The maximum atomic E-state index is 13.8. The summed E-state index contributed by atoms with van der Waals surface area (Å²) in [6.45, 7) is 0.673. The molecule has 4 atom stereocenters. The lowest BCUT2D eigenvalue weighted by Crippen LogP contribution is -2.57. The van der Waals surface area contributed by atoms with Crippen molar-refractivity contribution in [2.24, 2.45) is 5.73 Å². The molecule has 236 valence electrons. The van der Waals surface area contributed by atoms with Crippen molar-refractivity contribution in [3.05, 3.63) is 72.1 Å². The average molecular weight is 616 g/mol. The van der Waals surface area contributed by atoms with Crippen LogP contribution in [0.15, 0.2) is 60.9 Å². The number of aromatic nitrogens is 2. The van der Waals surface area contributed by atoms with E-state index < -0.39 is 47.9 Å². The number of nitrogens with two attached hydrogens (primary N) is 1. The predicted octanol–water partition coefficient (Wildman–Crippen LogP) is 0.991. The lowest BCUT2D eigenvalue weighted by molar-refractivity contribution is -0.142. The molecule has 0 aliphatic carbocycles. The molecular formula is C32H37N7O6. The third kappa shape index (κ3) is 7.68. The SMILES string of the molecule is NC(=O)CCC(NC(=O)C1CCCN1)C(=O)NC(Cc1c[nH]c2ccccc12)C(=O)NC(Cc1c[nH]c2ccccc12)C(=O)O. The summed E-state index contributed by atoms with van der Waals surface area (Å²) in [6, 6.07) is 10.8. The van der Waals surface area contributed by atoms with Crippen LogP contribution in [0.1, 0.15) is 36.8 Å². The Labute approximate surface area is 258 Å². The first-order valence-corrected chi connectivity index (χ1v) is 14.9. The first-order chi connectivity index (χ1) is 21.7. The third-order valence-electron chi connectivity index (χ3n) is 8.13. The zero-order valence-corrected chi connectivity index (χ0v) is 24.6. The van der Waals surface area contributed by atoms with Gasteiger partial charge in [-0.3, -0.25) is 19.2 Å². The van der Waals surface area contributed by atoms with Gasteiger partial charge in [0.15, 0.2) is 0 Å². The van der Waals surface area contributed by atoms with Crippen LogP contribution in [0.5, 0.6) is 0 Å². The van der Waals surface area contributed by atoms with Crippen LogP contribution >= 0.6 is 0 Å². The van der Waals surface area contributed by atoms with Crippen LogP contribution < -0.4 is 27.0 Å². The largest absolute Gasteiger partial charge is 0.480 e. The predicted molar refractivity (Wildman–Crippen MR) is 167 cm³/mol. The molecule has 1 aliphatic heterocycles. The quantitative estimate of drug-likeness (QED) is 0.103. The molecule has 13 heteroatoms. The summed E-state index contributed by atoms with van der Waals surface area (Å²) in [7, 11) is 0. The van der Waals surface area contributed by atoms with Crippen molar-refractivity contribution in [3.8, 4) is 0 Å². The number of hydrogen-bond donors (Lipinski definition) is 8. The Morgan fingerprint density at radius 3 is 1.91 bits per heavy atom. The molecule has 2 aromatic heterocycles. The molecular weight excluding hydrogens is 578 g/mol. The number of fused-ring (bicyclic) bond motifs is 2. The number of amides is 4. The molecule has 13 nitrogen and oxygen atoms in total. The molecule has 0 saturated carbocycles. The zero-order valence-electron chi connectivity index (χ0n) is 24.6. The van der Waals surface area contributed by atoms with Crippen molar-refractivity contribution in [1.82, 2.24) is 31.2 Å². The van der Waals surface area contributed by atoms with Gasteiger partial charge >= 0.3 is 5.97 Å². The molecule has 4 aromatic rings. The second-order valence-corrected chi connectivity index (χ2v) is 11.3. The van der Waals surface area contributed by atoms with Gasteiger partial charge in [0.1, 0.15) is 18.1 Å². The number of rotatable bonds is 14. The Morgan fingerprint density at radius 2 is 1.36 bits per heavy atom. The van der Waals surface area contributed by atoms with Gasteiger partial charge in [-0.15, -0.1) is 0 Å². The topological polar surface area (TPSA) is 211 Å². The van der Waals surface area contributed by atoms with Gasteiger partial charge < -0.3 is 42.1 Å². The third-order valence-corrected chi connectivity index (χ3v) is 8.13. The fraction of sp³-hybridized carbons (Fsp3) is 0.344. The molecule has 4 unspecified atom stereocenters. The molecule has 1 fully saturated rings. The number of benzene rings is 2. The van der Waals surface area contributed by atoms with Crippen LogP contribution in [-0.4, -0.2) is 75.4 Å². The molecule has 1 saturated heterocycles. The smallest absolute Gasteiger partial charge is 0.326 e. The van der Waals surface area contributed by atoms with E-state index in [2.05, 4.69) is 31.2 Å². The highest BCUT2D eigenvalue weighted by Gasteiger charge is 2.32. The fourth-order valence-corrected chi connectivity index (χ4v) is 5.73. The van der Waals surface area contributed by atoms with Crippen LogP contribution in [0.25, 0.3) is 21.8 Å². The standard InChI is InChI=1S/C32H37N7O6/c33-28(40)12-11-25(37-29(41)24-10-5-13-34-24)30(42)38-26(14-18-16-35-22-8-3-1-6-20(18)22)31(43)39-27(32(44)45)15-19-17-36-23-9-4-2-7-21(19)23/h1-4,6-9,16-17,24-27,34-36H,5,10-15H2,(H2,33,40)(H,37,41)(H,38,42)(H,39,43)(H,44,45). The maximum absolute atomic E-state index is 13.8. The Morgan fingerprint density at radius 1 is 0.800 bits per heavy atom. The van der Waals surface area contributed by atoms with E-state index in [-0.39, 0.29) is 31.6 Å². The van der Waals surface area contributed by atoms with Gasteiger partial charge in [0, 0.05) is 53.5 Å². The number of para-hydroxylation sites is 2. The van der Waals surface area contributed by atoms with Crippen molar-refractivity contribution in [2.75, 3.05) is 6.54 Å². The summed E-state index contributed by atoms with van der Waals surface area (Å²) in [5.74, 6) is -3.67. The maximum Gasteiger partial charge on any atom is 0.326 e. The number of carbonyl (C=O) groups excluding carboxylic acids is 4. The first-order valence-electron chi connectivity index (χ1n) is 14.9. The highest BCUT2D eigenvalue weighted by Crippen LogP contribution is 2.21. The number of primary amides is 1. The lowest BCUT2D eigenvalue weighted by Gasteiger charge is -2.25. The Bertz CT molecular complexity index is 1710. The molecule has 2 aromatic carbocycles. The minimum atomic E-state index is -1.29. The van der Waals surface area contributed by atoms with E-state index in [0.29, 0.717) is 18.5 Å². The normalized spacial score (nSPS) is 16.6. The molecule has 0 bridgehead atoms. The van der Waals surface area contributed by atoms with Crippen LogP contribution in [-0.2, 0) is 36.8 Å². The van der Waals surface area contributed by atoms with Crippen molar-refractivity contribution in [1.29, 1.82) is 0 Å². The van der Waals surface area contributed by atoms with Crippen molar-refractivity contribution >= 4 is 51.4 Å². The molecule has 45 heavy (non-hydrogen) atoms. The average Bonchev–Trinajstić information content (AvgIpc) is 3.79. The first kappa shape index (κ1) is 31.3. The number of H-pyrrole nitrogens is 2. The van der Waals surface area contributed by atoms with E-state index in [9.17, 15) is 29.1 Å². The van der Waals surface area contributed by atoms with Gasteiger partial charge in [-0.05, 0) is 49.1 Å². The van der Waals surface area contributed by atoms with E-state index >= 15 is 0 Å². The Kier molecular flexibility index (Phi) is 9.78. The summed E-state index contributed by atoms with van der Waals surface area (Å²) < 4.78 is 0. The second-order valence-electron chi connectivity index (χ2n) is 11.3. The van der Waals surface area contributed by atoms with Crippen LogP contribution in [0.2, 0.25) is 0 Å². The lowest BCUT2D eigenvalue weighted by atomic mass is 10.0. The Hall–Kier alpha value is -5.17. The van der Waals surface area contributed by atoms with Crippen molar-refractivity contribution in [2.45, 2.75) is 62.7 Å². The van der Waals surface area contributed by atoms with E-state index in [1.807, 2.05) is 48.5 Å². The Balaban J connectivity index is 1.38. The van der Waals surface area contributed by atoms with Crippen LogP contribution in [0, 0.1) is 0 Å². The van der Waals surface area contributed by atoms with Crippen LogP contribution in [0.4, 0.5) is 0 Å². The number of carboxylic acid groups (broad SMARTS) is 1. The van der Waals surface area contributed by atoms with E-state index in [4.69, 9.17) is 5.73 Å². The van der Waals surface area contributed by atoms with Crippen molar-refractivity contribution < 1.29 is 29.1 Å². The van der Waals surface area contributed by atoms with Gasteiger partial charge in [-0.1, -0.05) is 36.4 Å². The van der Waals surface area contributed by atoms with Gasteiger partial charge in [-0.25, -0.2) is 4.79 Å². The molecule has 9 N–H and O–H groups in total. The number of carboxylic acids is 1. The highest BCUT2D eigenvalue weighted by atomic mass is 16.4. The molecule has 5 rings (SSSR count). The van der Waals surface area contributed by atoms with Crippen LogP contribution in [0.3, 0.4) is 0 Å². The minimum absolute atomic E-state index is 0.00448. The van der Waals surface area contributed by atoms with E-state index in [0.717, 1.165) is 33.8 Å². The van der Waals surface area contributed by atoms with Gasteiger partial charge in [-0.2, -0.15) is 0 Å². The summed E-state index contributed by atoms with van der Waals surface area (Å²) in [5, 5.41) is 22.8. The van der Waals surface area contributed by atoms with Gasteiger partial charge in [0.25, 0.3) is 0 Å². The molecule has 4 amide bonds. The van der Waals surface area contributed by atoms with E-state index in [1.165, 1.54) is 0 Å². The van der Waals surface area contributed by atoms with E-state index in [1.54, 1.807) is 12.4 Å². The number of aromatic amines is 2. The summed E-state index contributed by atoms with van der Waals surface area (Å²) in [6.07, 6.45) is 4.66. The summed E-state index contributed by atoms with van der Waals surface area (Å²) >= 11 is 0. The number of nitrogens with one attached hydrogen (secondary N) is 6. The summed E-state index contributed by atoms with van der Waals surface area (Å²) in [4.78, 5) is 70.4. The van der Waals surface area contributed by atoms with Gasteiger partial charge in [0.05, 0.1) is 6.04 Å². The summed E-state index contributed by atoms with van der Waals surface area (Å²) in [5.41, 5.74) is 8.44. The minimum Gasteiger partial charge on any atom is -0.480 e. The molecule has 1 aliphatic rings. The number of carbonyl (C=O) groups is 5. The molecule has 0 spiro atoms. The monoisotopic (exact) mass is 615 g/mol. The number of aliphatic carboxylic acids is 1. The van der Waals surface area contributed by atoms with Gasteiger partial charge in [0.2, 0.25) is 23.6 Å². The van der Waals surface area contributed by atoms with Crippen molar-refractivity contribution in [3.63, 3.8) is 0 Å².